The first-order valence-corrected chi connectivity index (χ1v) is 12.3. The van der Waals surface area contributed by atoms with Gasteiger partial charge in [-0.1, -0.05) is 65.2 Å². The average molecular weight is 361 g/mol. The highest BCUT2D eigenvalue weighted by Gasteiger charge is 2.31. The van der Waals surface area contributed by atoms with E-state index in [0.717, 1.165) is 17.2 Å². The van der Waals surface area contributed by atoms with Gasteiger partial charge in [0, 0.05) is 0 Å². The SMILES string of the molecule is CCCCc1ccc(C(CC)C2CCC(CCC)P2)c(CCCC)c1. The van der Waals surface area contributed by atoms with E-state index in [4.69, 9.17) is 0 Å². The zero-order valence-corrected chi connectivity index (χ0v) is 18.2. The van der Waals surface area contributed by atoms with Crippen LogP contribution in [0.4, 0.5) is 0 Å². The minimum atomic E-state index is 0.812. The van der Waals surface area contributed by atoms with E-state index >= 15 is 0 Å². The van der Waals surface area contributed by atoms with Crippen molar-refractivity contribution in [3.05, 3.63) is 34.9 Å². The van der Waals surface area contributed by atoms with Crippen molar-refractivity contribution in [2.45, 2.75) is 116 Å². The molecule has 0 N–H and O–H groups in total. The highest BCUT2D eigenvalue weighted by molar-refractivity contribution is 7.40. The Balaban J connectivity index is 2.18. The molecule has 1 aliphatic heterocycles. The molecule has 1 fully saturated rings. The van der Waals surface area contributed by atoms with Crippen LogP contribution in [0.2, 0.25) is 0 Å². The first kappa shape index (κ1) is 21.0. The lowest BCUT2D eigenvalue weighted by Crippen LogP contribution is -2.14. The van der Waals surface area contributed by atoms with E-state index < -0.39 is 0 Å². The third-order valence-electron chi connectivity index (χ3n) is 6.06. The van der Waals surface area contributed by atoms with Crippen LogP contribution in [-0.4, -0.2) is 11.3 Å². The maximum Gasteiger partial charge on any atom is -0.00964 e. The van der Waals surface area contributed by atoms with E-state index in [1.54, 1.807) is 16.7 Å². The number of hydrogen-bond donors (Lipinski definition) is 0. The van der Waals surface area contributed by atoms with Crippen molar-refractivity contribution in [3.63, 3.8) is 0 Å². The molecule has 0 spiro atoms. The lowest BCUT2D eigenvalue weighted by molar-refractivity contribution is 0.581. The molecule has 25 heavy (non-hydrogen) atoms. The van der Waals surface area contributed by atoms with Gasteiger partial charge < -0.3 is 0 Å². The van der Waals surface area contributed by atoms with Crippen LogP contribution >= 0.6 is 8.58 Å². The van der Waals surface area contributed by atoms with Crippen LogP contribution in [-0.2, 0) is 12.8 Å². The van der Waals surface area contributed by atoms with E-state index in [9.17, 15) is 0 Å². The first-order valence-electron chi connectivity index (χ1n) is 11.1. The van der Waals surface area contributed by atoms with Gasteiger partial charge in [0.25, 0.3) is 0 Å². The lowest BCUT2D eigenvalue weighted by Gasteiger charge is -2.26. The van der Waals surface area contributed by atoms with Gasteiger partial charge in [-0.25, -0.2) is 0 Å². The molecule has 0 saturated carbocycles. The normalized spacial score (nSPS) is 22.6. The third kappa shape index (κ3) is 6.09. The fourth-order valence-corrected chi connectivity index (χ4v) is 6.98. The smallest absolute Gasteiger partial charge is 0.00964 e. The Bertz CT molecular complexity index is 493. The quantitative estimate of drug-likeness (QED) is 0.352. The van der Waals surface area contributed by atoms with Gasteiger partial charge in [-0.3, -0.25) is 0 Å². The Labute approximate surface area is 159 Å². The summed E-state index contributed by atoms with van der Waals surface area (Å²) in [5.74, 6) is 0.812. The van der Waals surface area contributed by atoms with Crippen molar-refractivity contribution < 1.29 is 0 Å². The highest BCUT2D eigenvalue weighted by Crippen LogP contribution is 2.49. The second kappa shape index (κ2) is 11.4. The number of rotatable bonds is 11. The van der Waals surface area contributed by atoms with Gasteiger partial charge in [-0.15, -0.1) is 8.58 Å². The van der Waals surface area contributed by atoms with E-state index in [0.29, 0.717) is 0 Å². The summed E-state index contributed by atoms with van der Waals surface area (Å²) in [5.41, 5.74) is 6.97. The minimum Gasteiger partial charge on any atom is -0.115 e. The molecule has 1 aromatic carbocycles. The molecule has 4 atom stereocenters. The lowest BCUT2D eigenvalue weighted by atomic mass is 9.84. The molecular formula is C24H41P. The second-order valence-corrected chi connectivity index (χ2v) is 9.98. The molecule has 0 aliphatic carbocycles. The summed E-state index contributed by atoms with van der Waals surface area (Å²) in [7, 11) is 1.21. The largest absolute Gasteiger partial charge is 0.115 e. The third-order valence-corrected chi connectivity index (χ3v) is 8.23. The van der Waals surface area contributed by atoms with Crippen molar-refractivity contribution in [2.75, 3.05) is 0 Å². The van der Waals surface area contributed by atoms with Crippen LogP contribution in [0.15, 0.2) is 18.2 Å². The average Bonchev–Trinajstić information content (AvgIpc) is 3.08. The molecule has 0 bridgehead atoms. The summed E-state index contributed by atoms with van der Waals surface area (Å²) >= 11 is 0. The zero-order chi connectivity index (χ0) is 18.1. The van der Waals surface area contributed by atoms with Crippen LogP contribution in [0.3, 0.4) is 0 Å². The van der Waals surface area contributed by atoms with Crippen molar-refractivity contribution >= 4 is 8.58 Å². The van der Waals surface area contributed by atoms with Crippen LogP contribution in [0.25, 0.3) is 0 Å². The number of benzene rings is 1. The Hall–Kier alpha value is -0.350. The minimum absolute atomic E-state index is 0.812. The van der Waals surface area contributed by atoms with Crippen molar-refractivity contribution in [3.8, 4) is 0 Å². The van der Waals surface area contributed by atoms with E-state index in [1.807, 2.05) is 0 Å². The number of hydrogen-bond acceptors (Lipinski definition) is 0. The molecule has 1 heteroatoms. The summed E-state index contributed by atoms with van der Waals surface area (Å²) < 4.78 is 0. The molecule has 1 saturated heterocycles. The monoisotopic (exact) mass is 360 g/mol. The first-order chi connectivity index (χ1) is 12.2. The van der Waals surface area contributed by atoms with Crippen LogP contribution < -0.4 is 0 Å². The Kier molecular flexibility index (Phi) is 9.54. The Morgan fingerprint density at radius 3 is 2.40 bits per heavy atom. The molecule has 2 rings (SSSR count). The predicted octanol–water partition coefficient (Wildman–Crippen LogP) is 7.88. The van der Waals surface area contributed by atoms with E-state index in [-0.39, 0.29) is 0 Å². The number of unbranched alkanes of at least 4 members (excludes halogenated alkanes) is 2. The van der Waals surface area contributed by atoms with Crippen molar-refractivity contribution in [2.24, 2.45) is 0 Å². The predicted molar refractivity (Wildman–Crippen MR) is 117 cm³/mol. The van der Waals surface area contributed by atoms with E-state index in [1.165, 1.54) is 79.2 Å². The van der Waals surface area contributed by atoms with Gasteiger partial charge in [0.05, 0.1) is 0 Å². The standard InChI is InChI=1S/C24H41P/c1-5-9-12-19-14-16-23(20(18-19)13-10-6-2)22(8-4)24-17-15-21(25-24)11-7-3/h14,16,18,21-22,24-25H,5-13,15,17H2,1-4H3. The molecule has 1 heterocycles. The van der Waals surface area contributed by atoms with Gasteiger partial charge in [0.15, 0.2) is 0 Å². The molecule has 0 aromatic heterocycles. The van der Waals surface area contributed by atoms with Gasteiger partial charge in [0.1, 0.15) is 0 Å². The van der Waals surface area contributed by atoms with Gasteiger partial charge in [0.2, 0.25) is 0 Å². The highest BCUT2D eigenvalue weighted by atomic mass is 31.1. The molecule has 1 aromatic rings. The maximum absolute atomic E-state index is 2.57. The van der Waals surface area contributed by atoms with Gasteiger partial charge in [-0.05, 0) is 85.3 Å². The van der Waals surface area contributed by atoms with Gasteiger partial charge >= 0.3 is 0 Å². The zero-order valence-electron chi connectivity index (χ0n) is 17.2. The Morgan fingerprint density at radius 1 is 0.960 bits per heavy atom. The summed E-state index contributed by atoms with van der Waals surface area (Å²) in [6.07, 6.45) is 14.9. The topological polar surface area (TPSA) is 0 Å². The van der Waals surface area contributed by atoms with Crippen LogP contribution in [0.5, 0.6) is 0 Å². The Morgan fingerprint density at radius 2 is 1.72 bits per heavy atom. The molecule has 0 nitrogen and oxygen atoms in total. The van der Waals surface area contributed by atoms with Gasteiger partial charge in [-0.2, -0.15) is 0 Å². The second-order valence-electron chi connectivity index (χ2n) is 8.09. The fraction of sp³-hybridized carbons (Fsp3) is 0.750. The summed E-state index contributed by atoms with van der Waals surface area (Å²) in [6, 6.07) is 7.55. The summed E-state index contributed by atoms with van der Waals surface area (Å²) in [6.45, 7) is 9.41. The van der Waals surface area contributed by atoms with Crippen LogP contribution in [0.1, 0.15) is 108 Å². The van der Waals surface area contributed by atoms with Crippen LogP contribution in [0, 0.1) is 0 Å². The molecule has 4 unspecified atom stereocenters. The maximum atomic E-state index is 2.57. The molecule has 0 radical (unpaired) electrons. The number of aryl methyl sites for hydroxylation is 2. The van der Waals surface area contributed by atoms with Crippen molar-refractivity contribution in [1.82, 2.24) is 0 Å². The summed E-state index contributed by atoms with van der Waals surface area (Å²) in [5, 5.41) is 0. The molecule has 142 valence electrons. The molecule has 0 amide bonds. The fourth-order valence-electron chi connectivity index (χ4n) is 4.61. The summed E-state index contributed by atoms with van der Waals surface area (Å²) in [4.78, 5) is 0. The van der Waals surface area contributed by atoms with E-state index in [2.05, 4.69) is 45.9 Å². The molecule has 1 aliphatic rings. The van der Waals surface area contributed by atoms with Crippen molar-refractivity contribution in [1.29, 1.82) is 0 Å². The molecular weight excluding hydrogens is 319 g/mol.